The SMILES string of the molecule is COCC(N)c1ccn2c1NCC2. The molecule has 2 rings (SSSR count). The first-order valence-electron chi connectivity index (χ1n) is 4.50. The predicted octanol–water partition coefficient (Wildman–Crippen LogP) is 0.560. The number of aromatic nitrogens is 1. The number of rotatable bonds is 3. The fourth-order valence-corrected chi connectivity index (χ4v) is 1.74. The number of anilines is 1. The van der Waals surface area contributed by atoms with Crippen molar-refractivity contribution in [3.63, 3.8) is 0 Å². The Hall–Kier alpha value is -1.00. The second kappa shape index (κ2) is 3.40. The number of fused-ring (bicyclic) bond motifs is 1. The number of nitrogens with one attached hydrogen (secondary N) is 1. The Bertz CT molecular complexity index is 295. The first-order valence-corrected chi connectivity index (χ1v) is 4.50. The molecule has 1 aliphatic rings. The molecule has 3 N–H and O–H groups in total. The van der Waals surface area contributed by atoms with Gasteiger partial charge in [-0.25, -0.2) is 0 Å². The van der Waals surface area contributed by atoms with E-state index in [1.54, 1.807) is 7.11 Å². The minimum atomic E-state index is -0.0214. The van der Waals surface area contributed by atoms with Crippen LogP contribution in [0.1, 0.15) is 11.6 Å². The van der Waals surface area contributed by atoms with Gasteiger partial charge in [-0.05, 0) is 6.07 Å². The summed E-state index contributed by atoms with van der Waals surface area (Å²) >= 11 is 0. The van der Waals surface area contributed by atoms with Gasteiger partial charge in [-0.1, -0.05) is 0 Å². The zero-order valence-electron chi connectivity index (χ0n) is 7.79. The Morgan fingerprint density at radius 3 is 3.38 bits per heavy atom. The molecule has 0 aromatic carbocycles. The molecule has 1 unspecified atom stereocenters. The second-order valence-electron chi connectivity index (χ2n) is 3.30. The highest BCUT2D eigenvalue weighted by Gasteiger charge is 2.18. The van der Waals surface area contributed by atoms with Crippen LogP contribution in [0.3, 0.4) is 0 Å². The van der Waals surface area contributed by atoms with E-state index in [2.05, 4.69) is 22.1 Å². The van der Waals surface area contributed by atoms with Crippen molar-refractivity contribution in [2.45, 2.75) is 12.6 Å². The summed E-state index contributed by atoms with van der Waals surface area (Å²) in [6.45, 7) is 2.61. The zero-order chi connectivity index (χ0) is 9.26. The maximum absolute atomic E-state index is 5.94. The second-order valence-corrected chi connectivity index (χ2v) is 3.30. The van der Waals surface area contributed by atoms with Gasteiger partial charge in [0.2, 0.25) is 0 Å². The van der Waals surface area contributed by atoms with Crippen LogP contribution in [0.4, 0.5) is 5.82 Å². The van der Waals surface area contributed by atoms with E-state index in [1.165, 1.54) is 0 Å². The maximum Gasteiger partial charge on any atom is 0.110 e. The third-order valence-corrected chi connectivity index (χ3v) is 2.39. The van der Waals surface area contributed by atoms with Crippen molar-refractivity contribution in [2.75, 3.05) is 25.6 Å². The predicted molar refractivity (Wildman–Crippen MR) is 51.7 cm³/mol. The first-order chi connectivity index (χ1) is 6.33. The highest BCUT2D eigenvalue weighted by Crippen LogP contribution is 2.26. The zero-order valence-corrected chi connectivity index (χ0v) is 7.79. The summed E-state index contributed by atoms with van der Waals surface area (Å²) in [6, 6.07) is 2.04. The summed E-state index contributed by atoms with van der Waals surface area (Å²) < 4.78 is 7.21. The van der Waals surface area contributed by atoms with Gasteiger partial charge >= 0.3 is 0 Å². The van der Waals surface area contributed by atoms with Crippen LogP contribution < -0.4 is 11.1 Å². The van der Waals surface area contributed by atoms with E-state index in [9.17, 15) is 0 Å². The standard InChI is InChI=1S/C9H15N3O/c1-13-6-8(10)7-2-4-12-5-3-11-9(7)12/h2,4,8,11H,3,5-6,10H2,1H3. The Kier molecular flexibility index (Phi) is 2.24. The van der Waals surface area contributed by atoms with Gasteiger partial charge < -0.3 is 20.4 Å². The largest absolute Gasteiger partial charge is 0.383 e. The van der Waals surface area contributed by atoms with Crippen LogP contribution in [0, 0.1) is 0 Å². The fraction of sp³-hybridized carbons (Fsp3) is 0.556. The third-order valence-electron chi connectivity index (χ3n) is 2.39. The topological polar surface area (TPSA) is 52.2 Å². The van der Waals surface area contributed by atoms with Crippen molar-refractivity contribution in [3.8, 4) is 0 Å². The van der Waals surface area contributed by atoms with Crippen LogP contribution >= 0.6 is 0 Å². The molecule has 1 aromatic heterocycles. The van der Waals surface area contributed by atoms with Crippen LogP contribution in [-0.4, -0.2) is 24.8 Å². The molecule has 0 saturated heterocycles. The van der Waals surface area contributed by atoms with Gasteiger partial charge in [0.25, 0.3) is 0 Å². The van der Waals surface area contributed by atoms with Crippen LogP contribution in [-0.2, 0) is 11.3 Å². The highest BCUT2D eigenvalue weighted by atomic mass is 16.5. The highest BCUT2D eigenvalue weighted by molar-refractivity contribution is 5.50. The molecule has 0 spiro atoms. The molecular weight excluding hydrogens is 166 g/mol. The van der Waals surface area contributed by atoms with E-state index < -0.39 is 0 Å². The van der Waals surface area contributed by atoms with Crippen LogP contribution in [0.15, 0.2) is 12.3 Å². The van der Waals surface area contributed by atoms with Crippen molar-refractivity contribution in [1.29, 1.82) is 0 Å². The molecule has 4 heteroatoms. The van der Waals surface area contributed by atoms with Gasteiger partial charge in [0.1, 0.15) is 5.82 Å². The minimum Gasteiger partial charge on any atom is -0.383 e. The Morgan fingerprint density at radius 1 is 1.77 bits per heavy atom. The van der Waals surface area contributed by atoms with E-state index in [1.807, 2.05) is 0 Å². The van der Waals surface area contributed by atoms with Crippen molar-refractivity contribution in [1.82, 2.24) is 4.57 Å². The summed E-state index contributed by atoms with van der Waals surface area (Å²) in [5.41, 5.74) is 7.10. The average Bonchev–Trinajstić information content (AvgIpc) is 2.62. The first kappa shape index (κ1) is 8.59. The molecule has 72 valence electrons. The van der Waals surface area contributed by atoms with Gasteiger partial charge in [-0.2, -0.15) is 0 Å². The molecule has 0 aliphatic carbocycles. The summed E-state index contributed by atoms with van der Waals surface area (Å²) in [6.07, 6.45) is 2.07. The van der Waals surface area contributed by atoms with Gasteiger partial charge in [-0.15, -0.1) is 0 Å². The van der Waals surface area contributed by atoms with Crippen molar-refractivity contribution in [2.24, 2.45) is 5.73 Å². The lowest BCUT2D eigenvalue weighted by Gasteiger charge is -2.10. The average molecular weight is 181 g/mol. The Balaban J connectivity index is 2.20. The summed E-state index contributed by atoms with van der Waals surface area (Å²) in [4.78, 5) is 0. The number of hydrogen-bond donors (Lipinski definition) is 2. The summed E-state index contributed by atoms with van der Waals surface area (Å²) in [7, 11) is 1.67. The van der Waals surface area contributed by atoms with Crippen molar-refractivity contribution in [3.05, 3.63) is 17.8 Å². The summed E-state index contributed by atoms with van der Waals surface area (Å²) in [5.74, 6) is 1.16. The molecule has 0 fully saturated rings. The molecule has 1 atom stereocenters. The molecule has 0 amide bonds. The van der Waals surface area contributed by atoms with E-state index in [0.717, 1.165) is 24.5 Å². The fourth-order valence-electron chi connectivity index (χ4n) is 1.74. The van der Waals surface area contributed by atoms with E-state index >= 15 is 0 Å². The quantitative estimate of drug-likeness (QED) is 0.716. The molecule has 13 heavy (non-hydrogen) atoms. The molecule has 1 aromatic rings. The molecule has 0 bridgehead atoms. The monoisotopic (exact) mass is 181 g/mol. The Labute approximate surface area is 77.7 Å². The van der Waals surface area contributed by atoms with E-state index in [0.29, 0.717) is 6.61 Å². The number of methoxy groups -OCH3 is 1. The molecule has 0 saturated carbocycles. The molecule has 0 radical (unpaired) electrons. The molecule has 4 nitrogen and oxygen atoms in total. The lowest BCUT2D eigenvalue weighted by Crippen LogP contribution is -2.16. The van der Waals surface area contributed by atoms with Gasteiger partial charge in [0.05, 0.1) is 12.6 Å². The lowest BCUT2D eigenvalue weighted by molar-refractivity contribution is 0.181. The number of hydrogen-bond acceptors (Lipinski definition) is 3. The molecule has 1 aliphatic heterocycles. The summed E-state index contributed by atoms with van der Waals surface area (Å²) in [5, 5.41) is 3.32. The van der Waals surface area contributed by atoms with Crippen molar-refractivity contribution < 1.29 is 4.74 Å². The van der Waals surface area contributed by atoms with Gasteiger partial charge in [0.15, 0.2) is 0 Å². The minimum absolute atomic E-state index is 0.0214. The van der Waals surface area contributed by atoms with Crippen LogP contribution in [0.2, 0.25) is 0 Å². The normalized spacial score (nSPS) is 16.8. The van der Waals surface area contributed by atoms with Gasteiger partial charge in [0, 0.05) is 32.0 Å². The van der Waals surface area contributed by atoms with Crippen LogP contribution in [0.5, 0.6) is 0 Å². The van der Waals surface area contributed by atoms with Crippen LogP contribution in [0.25, 0.3) is 0 Å². The molecule has 2 heterocycles. The van der Waals surface area contributed by atoms with E-state index in [4.69, 9.17) is 10.5 Å². The smallest absolute Gasteiger partial charge is 0.110 e. The molecular formula is C9H15N3O. The number of ether oxygens (including phenoxy) is 1. The maximum atomic E-state index is 5.94. The Morgan fingerprint density at radius 2 is 2.62 bits per heavy atom. The number of nitrogens with zero attached hydrogens (tertiary/aromatic N) is 1. The van der Waals surface area contributed by atoms with Gasteiger partial charge in [-0.3, -0.25) is 0 Å². The van der Waals surface area contributed by atoms with E-state index in [-0.39, 0.29) is 6.04 Å². The third kappa shape index (κ3) is 1.43. The number of nitrogens with two attached hydrogens (primary N) is 1. The lowest BCUT2D eigenvalue weighted by atomic mass is 10.1. The van der Waals surface area contributed by atoms with Crippen molar-refractivity contribution >= 4 is 5.82 Å².